The fourth-order valence-electron chi connectivity index (χ4n) is 3.21. The summed E-state index contributed by atoms with van der Waals surface area (Å²) >= 11 is 0. The van der Waals surface area contributed by atoms with Gasteiger partial charge in [-0.25, -0.2) is 13.4 Å². The van der Waals surface area contributed by atoms with Crippen molar-refractivity contribution in [3.05, 3.63) is 18.3 Å². The van der Waals surface area contributed by atoms with Gasteiger partial charge in [0.05, 0.1) is 0 Å². The van der Waals surface area contributed by atoms with Gasteiger partial charge in [0.2, 0.25) is 15.9 Å². The number of aromatic nitrogens is 1. The number of pyridine rings is 1. The summed E-state index contributed by atoms with van der Waals surface area (Å²) in [7, 11) is -3.64. The second kappa shape index (κ2) is 4.67. The molecule has 8 heteroatoms. The molecule has 2 atom stereocenters. The molecule has 0 bridgehead atoms. The van der Waals surface area contributed by atoms with E-state index in [0.29, 0.717) is 6.54 Å². The van der Waals surface area contributed by atoms with Crippen molar-refractivity contribution in [2.24, 2.45) is 0 Å². The number of nitrogens with zero attached hydrogens (tertiary/aromatic N) is 2. The number of nitrogens with one attached hydrogen (secondary N) is 1. The van der Waals surface area contributed by atoms with Crippen LogP contribution in [-0.2, 0) is 14.8 Å². The summed E-state index contributed by atoms with van der Waals surface area (Å²) < 4.78 is 26.4. The van der Waals surface area contributed by atoms with E-state index in [1.54, 1.807) is 0 Å². The third-order valence-corrected chi connectivity index (χ3v) is 6.63. The van der Waals surface area contributed by atoms with Gasteiger partial charge in [-0.3, -0.25) is 4.79 Å². The van der Waals surface area contributed by atoms with Crippen LogP contribution in [0.15, 0.2) is 18.3 Å². The van der Waals surface area contributed by atoms with E-state index in [9.17, 15) is 18.3 Å². The van der Waals surface area contributed by atoms with Crippen molar-refractivity contribution < 1.29 is 18.3 Å². The molecule has 1 amide bonds. The molecule has 0 radical (unpaired) electrons. The van der Waals surface area contributed by atoms with Crippen LogP contribution in [0.4, 0.5) is 5.82 Å². The van der Waals surface area contributed by atoms with Gasteiger partial charge in [0, 0.05) is 18.3 Å². The Hall–Kier alpha value is -1.67. The van der Waals surface area contributed by atoms with Gasteiger partial charge < -0.3 is 10.4 Å². The minimum atomic E-state index is -3.64. The Morgan fingerprint density at radius 2 is 2.33 bits per heavy atom. The van der Waals surface area contributed by atoms with Crippen LogP contribution in [0.2, 0.25) is 0 Å². The molecule has 1 aromatic heterocycles. The van der Waals surface area contributed by atoms with E-state index in [4.69, 9.17) is 0 Å². The fraction of sp³-hybridized carbons (Fsp3) is 0.538. The quantitative estimate of drug-likeness (QED) is 0.837. The highest BCUT2D eigenvalue weighted by Crippen LogP contribution is 2.44. The van der Waals surface area contributed by atoms with Gasteiger partial charge in [0.15, 0.2) is 16.8 Å². The maximum atomic E-state index is 12.5. The van der Waals surface area contributed by atoms with Crippen molar-refractivity contribution in [1.29, 1.82) is 0 Å². The number of carbonyl (C=O) groups is 1. The fourth-order valence-corrected chi connectivity index (χ4v) is 5.58. The first-order chi connectivity index (χ1) is 9.84. The number of rotatable bonds is 2. The molecular weight excluding hydrogens is 294 g/mol. The molecule has 0 aromatic carbocycles. The van der Waals surface area contributed by atoms with Gasteiger partial charge in [-0.2, -0.15) is 4.31 Å². The van der Waals surface area contributed by atoms with Crippen LogP contribution in [0.1, 0.15) is 26.2 Å². The first-order valence-electron chi connectivity index (χ1n) is 6.81. The maximum Gasteiger partial charge on any atom is 0.245 e. The Balaban J connectivity index is 1.85. The van der Waals surface area contributed by atoms with Crippen LogP contribution in [-0.4, -0.2) is 46.1 Å². The average Bonchev–Trinajstić information content (AvgIpc) is 2.89. The van der Waals surface area contributed by atoms with Crippen molar-refractivity contribution in [2.75, 3.05) is 11.9 Å². The largest absolute Gasteiger partial charge is 0.504 e. The molecule has 2 aliphatic heterocycles. The van der Waals surface area contributed by atoms with E-state index in [-0.39, 0.29) is 18.0 Å². The lowest BCUT2D eigenvalue weighted by atomic mass is 9.94. The topological polar surface area (TPSA) is 99.6 Å². The first-order valence-corrected chi connectivity index (χ1v) is 8.31. The predicted molar refractivity (Wildman–Crippen MR) is 76.2 cm³/mol. The predicted octanol–water partition coefficient (Wildman–Crippen LogP) is 0.682. The highest BCUT2D eigenvalue weighted by molar-refractivity contribution is 7.90. The van der Waals surface area contributed by atoms with Crippen LogP contribution in [0.5, 0.6) is 5.75 Å². The van der Waals surface area contributed by atoms with Gasteiger partial charge in [0.25, 0.3) is 0 Å². The summed E-state index contributed by atoms with van der Waals surface area (Å²) in [6.07, 6.45) is 3.28. The van der Waals surface area contributed by atoms with Crippen LogP contribution in [0.3, 0.4) is 0 Å². The lowest BCUT2D eigenvalue weighted by molar-refractivity contribution is -0.116. The Kier molecular flexibility index (Phi) is 3.18. The average molecular weight is 311 g/mol. The zero-order valence-corrected chi connectivity index (χ0v) is 12.4. The number of sulfonamides is 1. The van der Waals surface area contributed by atoms with Crippen LogP contribution in [0.25, 0.3) is 0 Å². The number of amides is 1. The van der Waals surface area contributed by atoms with Crippen molar-refractivity contribution in [2.45, 2.75) is 37.0 Å². The molecule has 2 fully saturated rings. The normalized spacial score (nSPS) is 31.0. The number of hydrogen-bond acceptors (Lipinski definition) is 5. The zero-order valence-electron chi connectivity index (χ0n) is 11.6. The zero-order chi connectivity index (χ0) is 15.3. The third-order valence-electron chi connectivity index (χ3n) is 4.29. The molecule has 0 spiro atoms. The lowest BCUT2D eigenvalue weighted by Gasteiger charge is -2.24. The Labute approximate surface area is 123 Å². The summed E-state index contributed by atoms with van der Waals surface area (Å²) in [6.45, 7) is 2.35. The van der Waals surface area contributed by atoms with E-state index in [1.807, 2.05) is 6.92 Å². The van der Waals surface area contributed by atoms with Gasteiger partial charge in [-0.05, 0) is 38.3 Å². The Bertz CT molecular complexity index is 690. The Morgan fingerprint density at radius 1 is 1.57 bits per heavy atom. The second-order valence-electron chi connectivity index (χ2n) is 5.77. The van der Waals surface area contributed by atoms with Gasteiger partial charge >= 0.3 is 0 Å². The lowest BCUT2D eigenvalue weighted by Crippen LogP contribution is -2.39. The molecule has 0 saturated carbocycles. The molecule has 1 aromatic rings. The van der Waals surface area contributed by atoms with Crippen LogP contribution < -0.4 is 5.32 Å². The van der Waals surface area contributed by atoms with E-state index in [0.717, 1.165) is 12.8 Å². The first kappa shape index (κ1) is 14.3. The Morgan fingerprint density at radius 3 is 3.00 bits per heavy atom. The number of fused-ring (bicyclic) bond motifs is 1. The highest BCUT2D eigenvalue weighted by atomic mass is 32.2. The monoisotopic (exact) mass is 311 g/mol. The smallest absolute Gasteiger partial charge is 0.245 e. The number of hydrogen-bond donors (Lipinski definition) is 2. The maximum absolute atomic E-state index is 12.5. The van der Waals surface area contributed by atoms with Crippen molar-refractivity contribution in [3.8, 4) is 5.75 Å². The second-order valence-corrected chi connectivity index (χ2v) is 7.81. The summed E-state index contributed by atoms with van der Waals surface area (Å²) in [6, 6.07) is 2.90. The molecule has 7 nitrogen and oxygen atoms in total. The molecular formula is C13H17N3O4S. The molecule has 2 aliphatic rings. The number of anilines is 1. The number of carbonyl (C=O) groups excluding carboxylic acids is 1. The molecule has 21 heavy (non-hydrogen) atoms. The minimum Gasteiger partial charge on any atom is -0.504 e. The van der Waals surface area contributed by atoms with Crippen molar-refractivity contribution in [3.63, 3.8) is 0 Å². The molecule has 2 saturated heterocycles. The molecule has 0 aliphatic carbocycles. The van der Waals surface area contributed by atoms with E-state index < -0.39 is 26.7 Å². The molecule has 2 unspecified atom stereocenters. The third kappa shape index (κ3) is 2.18. The standard InChI is InChI=1S/C13H17N3O4S/c1-13-5-3-7-16(13)21(19,20)10(8-13)12(18)15-11-9(17)4-2-6-14-11/h2,4,6,10,17H,3,5,7-8H2,1H3,(H,14,15,18). The summed E-state index contributed by atoms with van der Waals surface area (Å²) in [5.41, 5.74) is -0.465. The summed E-state index contributed by atoms with van der Waals surface area (Å²) in [4.78, 5) is 16.1. The molecule has 114 valence electrons. The van der Waals surface area contributed by atoms with Crippen LogP contribution in [0, 0.1) is 0 Å². The minimum absolute atomic E-state index is 0.0186. The summed E-state index contributed by atoms with van der Waals surface area (Å²) in [5.74, 6) is -0.845. The SMILES string of the molecule is CC12CCCN1S(=O)(=O)C(C(=O)Nc1ncccc1O)C2. The van der Waals surface area contributed by atoms with Crippen LogP contribution >= 0.6 is 0 Å². The molecule has 3 heterocycles. The summed E-state index contributed by atoms with van der Waals surface area (Å²) in [5, 5.41) is 10.9. The van der Waals surface area contributed by atoms with Gasteiger partial charge in [0.1, 0.15) is 0 Å². The van der Waals surface area contributed by atoms with Gasteiger partial charge in [-0.15, -0.1) is 0 Å². The van der Waals surface area contributed by atoms with Crippen molar-refractivity contribution >= 4 is 21.7 Å². The highest BCUT2D eigenvalue weighted by Gasteiger charge is 2.57. The van der Waals surface area contributed by atoms with Gasteiger partial charge in [-0.1, -0.05) is 0 Å². The molecule has 3 rings (SSSR count). The van der Waals surface area contributed by atoms with E-state index in [1.165, 1.54) is 22.6 Å². The van der Waals surface area contributed by atoms with E-state index in [2.05, 4.69) is 10.3 Å². The van der Waals surface area contributed by atoms with E-state index >= 15 is 0 Å². The molecule has 2 N–H and O–H groups in total. The van der Waals surface area contributed by atoms with Crippen molar-refractivity contribution in [1.82, 2.24) is 9.29 Å². The number of aromatic hydroxyl groups is 1.